The normalized spacial score (nSPS) is 21.2. The van der Waals surface area contributed by atoms with E-state index in [9.17, 15) is 5.11 Å². The van der Waals surface area contributed by atoms with Crippen LogP contribution in [0.5, 0.6) is 0 Å². The smallest absolute Gasteiger partial charge is 0.138 e. The first-order valence-electron chi connectivity index (χ1n) is 8.15. The summed E-state index contributed by atoms with van der Waals surface area (Å²) < 4.78 is 0. The fourth-order valence-electron chi connectivity index (χ4n) is 3.31. The number of hydrogen-bond donors (Lipinski definition) is 2. The van der Waals surface area contributed by atoms with Gasteiger partial charge in [0.1, 0.15) is 10.7 Å². The van der Waals surface area contributed by atoms with Crippen molar-refractivity contribution in [3.8, 4) is 0 Å². The van der Waals surface area contributed by atoms with Crippen LogP contribution in [-0.4, -0.2) is 26.2 Å². The maximum absolute atomic E-state index is 9.79. The van der Waals surface area contributed by atoms with Crippen molar-refractivity contribution in [2.24, 2.45) is 0 Å². The summed E-state index contributed by atoms with van der Waals surface area (Å²) in [7, 11) is 0. The molecule has 3 aromatic rings. The highest BCUT2D eigenvalue weighted by molar-refractivity contribution is 7.99. The molecule has 4 rings (SSSR count). The van der Waals surface area contributed by atoms with Crippen molar-refractivity contribution in [3.05, 3.63) is 47.4 Å². The lowest BCUT2D eigenvalue weighted by molar-refractivity contribution is 0.121. The Labute approximate surface area is 149 Å². The maximum atomic E-state index is 9.79. The molecule has 0 aliphatic heterocycles. The molecule has 0 amide bonds. The number of nitrogens with one attached hydrogen (secondary N) is 1. The second-order valence-corrected chi connectivity index (χ2v) is 7.66. The number of halogens is 1. The van der Waals surface area contributed by atoms with E-state index in [4.69, 9.17) is 11.6 Å². The summed E-state index contributed by atoms with van der Waals surface area (Å²) >= 11 is 7.59. The van der Waals surface area contributed by atoms with Crippen LogP contribution >= 0.6 is 23.4 Å². The number of pyridine rings is 2. The fourth-order valence-corrected chi connectivity index (χ4v) is 4.47. The number of aromatic nitrogens is 3. The second-order valence-electron chi connectivity index (χ2n) is 6.19. The van der Waals surface area contributed by atoms with Gasteiger partial charge in [-0.2, -0.15) is 0 Å². The molecule has 1 aliphatic rings. The van der Waals surface area contributed by atoms with Crippen molar-refractivity contribution in [1.82, 2.24) is 15.0 Å². The van der Waals surface area contributed by atoms with Crippen LogP contribution in [0.2, 0.25) is 5.02 Å². The van der Waals surface area contributed by atoms with Crippen molar-refractivity contribution in [3.63, 3.8) is 0 Å². The van der Waals surface area contributed by atoms with Crippen molar-refractivity contribution < 1.29 is 5.11 Å². The summed E-state index contributed by atoms with van der Waals surface area (Å²) in [6.07, 6.45) is 7.03. The van der Waals surface area contributed by atoms with Gasteiger partial charge >= 0.3 is 0 Å². The van der Waals surface area contributed by atoms with Gasteiger partial charge in [0, 0.05) is 34.3 Å². The van der Waals surface area contributed by atoms with Crippen molar-refractivity contribution in [2.75, 3.05) is 0 Å². The maximum Gasteiger partial charge on any atom is 0.138 e. The minimum atomic E-state index is -0.155. The Morgan fingerprint density at radius 2 is 1.96 bits per heavy atom. The molecule has 0 bridgehead atoms. The van der Waals surface area contributed by atoms with Crippen molar-refractivity contribution in [2.45, 2.75) is 47.6 Å². The van der Waals surface area contributed by atoms with E-state index in [2.05, 4.69) is 21.0 Å². The Morgan fingerprint density at radius 1 is 1.12 bits per heavy atom. The lowest BCUT2D eigenvalue weighted by atomic mass is 9.85. The molecule has 0 saturated heterocycles. The van der Waals surface area contributed by atoms with Crippen molar-refractivity contribution in [1.29, 1.82) is 0 Å². The Balaban J connectivity index is 1.74. The lowest BCUT2D eigenvalue weighted by Gasteiger charge is -2.25. The molecule has 3 aromatic heterocycles. The molecule has 124 valence electrons. The minimum absolute atomic E-state index is 0.155. The van der Waals surface area contributed by atoms with Crippen LogP contribution in [0.1, 0.15) is 37.3 Å². The van der Waals surface area contributed by atoms with Gasteiger partial charge in [0.15, 0.2) is 0 Å². The number of aliphatic hydroxyl groups excluding tert-OH is 1. The third kappa shape index (κ3) is 3.16. The highest BCUT2D eigenvalue weighted by atomic mass is 35.5. The summed E-state index contributed by atoms with van der Waals surface area (Å²) in [4.78, 5) is 13.6. The lowest BCUT2D eigenvalue weighted by Crippen LogP contribution is -2.17. The average molecular weight is 360 g/mol. The van der Waals surface area contributed by atoms with E-state index in [-0.39, 0.29) is 6.10 Å². The van der Waals surface area contributed by atoms with Crippen LogP contribution in [-0.2, 0) is 0 Å². The topological polar surface area (TPSA) is 61.8 Å². The Kier molecular flexibility index (Phi) is 4.48. The van der Waals surface area contributed by atoms with Crippen LogP contribution in [0.3, 0.4) is 0 Å². The van der Waals surface area contributed by atoms with Gasteiger partial charge in [-0.1, -0.05) is 23.4 Å². The van der Waals surface area contributed by atoms with E-state index in [0.29, 0.717) is 10.9 Å². The van der Waals surface area contributed by atoms with E-state index in [0.717, 1.165) is 41.7 Å². The summed E-state index contributed by atoms with van der Waals surface area (Å²) in [5.74, 6) is 0.428. The highest BCUT2D eigenvalue weighted by Crippen LogP contribution is 2.42. The number of nitrogens with zero attached hydrogens (tertiary/aromatic N) is 2. The molecule has 3 heterocycles. The van der Waals surface area contributed by atoms with Gasteiger partial charge in [0.25, 0.3) is 0 Å². The van der Waals surface area contributed by atoms with Gasteiger partial charge in [-0.05, 0) is 49.9 Å². The second kappa shape index (κ2) is 6.75. The standard InChI is InChI=1S/C18H18ClN3OS/c19-12-5-8-15(21-10-12)24-17-14-2-1-9-20-18(14)22-16(17)11-3-6-13(23)7-4-11/h1-2,5,8-11,13,23H,3-4,6-7H2,(H,20,22). The van der Waals surface area contributed by atoms with Crippen molar-refractivity contribution >= 4 is 34.4 Å². The van der Waals surface area contributed by atoms with Crippen LogP contribution < -0.4 is 0 Å². The first-order valence-corrected chi connectivity index (χ1v) is 9.34. The molecular weight excluding hydrogens is 342 g/mol. The predicted molar refractivity (Wildman–Crippen MR) is 96.7 cm³/mol. The van der Waals surface area contributed by atoms with Gasteiger partial charge in [0.2, 0.25) is 0 Å². The number of hydrogen-bond acceptors (Lipinski definition) is 4. The minimum Gasteiger partial charge on any atom is -0.393 e. The van der Waals surface area contributed by atoms with Crippen LogP contribution in [0.4, 0.5) is 0 Å². The number of aliphatic hydroxyl groups is 1. The molecule has 1 fully saturated rings. The molecule has 0 spiro atoms. The monoisotopic (exact) mass is 359 g/mol. The van der Waals surface area contributed by atoms with Gasteiger partial charge < -0.3 is 10.1 Å². The fraction of sp³-hybridized carbons (Fsp3) is 0.333. The van der Waals surface area contributed by atoms with Crippen LogP contribution in [0, 0.1) is 0 Å². The number of aromatic amines is 1. The third-order valence-electron chi connectivity index (χ3n) is 4.56. The largest absolute Gasteiger partial charge is 0.393 e. The van der Waals surface area contributed by atoms with E-state index < -0.39 is 0 Å². The summed E-state index contributed by atoms with van der Waals surface area (Å²) in [6.45, 7) is 0. The summed E-state index contributed by atoms with van der Waals surface area (Å²) in [5.41, 5.74) is 2.13. The molecule has 24 heavy (non-hydrogen) atoms. The zero-order valence-corrected chi connectivity index (χ0v) is 14.6. The molecule has 6 heteroatoms. The third-order valence-corrected chi connectivity index (χ3v) is 5.88. The van der Waals surface area contributed by atoms with Gasteiger partial charge in [-0.3, -0.25) is 0 Å². The van der Waals surface area contributed by atoms with E-state index in [1.807, 2.05) is 24.4 Å². The van der Waals surface area contributed by atoms with Crippen LogP contribution in [0.25, 0.3) is 11.0 Å². The Bertz CT molecular complexity index is 841. The first kappa shape index (κ1) is 15.9. The molecular formula is C18H18ClN3OS. The number of rotatable bonds is 3. The number of fused-ring (bicyclic) bond motifs is 1. The molecule has 0 aromatic carbocycles. The highest BCUT2D eigenvalue weighted by Gasteiger charge is 2.26. The van der Waals surface area contributed by atoms with E-state index >= 15 is 0 Å². The van der Waals surface area contributed by atoms with E-state index in [1.54, 1.807) is 18.0 Å². The Hall–Kier alpha value is -1.56. The summed E-state index contributed by atoms with van der Waals surface area (Å²) in [5, 5.41) is 12.5. The van der Waals surface area contributed by atoms with Crippen LogP contribution in [0.15, 0.2) is 46.6 Å². The summed E-state index contributed by atoms with van der Waals surface area (Å²) in [6, 6.07) is 7.86. The van der Waals surface area contributed by atoms with Gasteiger partial charge in [-0.15, -0.1) is 0 Å². The number of H-pyrrole nitrogens is 1. The molecule has 1 aliphatic carbocycles. The zero-order valence-electron chi connectivity index (χ0n) is 13.1. The molecule has 2 N–H and O–H groups in total. The van der Waals surface area contributed by atoms with Gasteiger partial charge in [-0.25, -0.2) is 9.97 Å². The average Bonchev–Trinajstić information content (AvgIpc) is 2.96. The molecule has 4 nitrogen and oxygen atoms in total. The Morgan fingerprint density at radius 3 is 2.71 bits per heavy atom. The predicted octanol–water partition coefficient (Wildman–Crippen LogP) is 4.78. The van der Waals surface area contributed by atoms with E-state index in [1.165, 1.54) is 10.6 Å². The molecule has 1 saturated carbocycles. The quantitative estimate of drug-likeness (QED) is 0.706. The zero-order chi connectivity index (χ0) is 16.5. The molecule has 0 radical (unpaired) electrons. The van der Waals surface area contributed by atoms with Gasteiger partial charge in [0.05, 0.1) is 11.1 Å². The first-order chi connectivity index (χ1) is 11.7. The molecule has 0 unspecified atom stereocenters. The SMILES string of the molecule is OC1CCC(c2[nH]c3ncccc3c2Sc2ccc(Cl)cn2)CC1. The molecule has 0 atom stereocenters.